The molecule has 0 spiro atoms. The number of thiophene rings is 1. The van der Waals surface area contributed by atoms with E-state index < -0.39 is 0 Å². The smallest absolute Gasteiger partial charge is 0.203 e. The third kappa shape index (κ3) is 3.98. The Labute approximate surface area is 195 Å². The van der Waals surface area contributed by atoms with Gasteiger partial charge in [0.05, 0.1) is 37.6 Å². The third-order valence-electron chi connectivity index (χ3n) is 5.43. The standard InChI is InChI=1S/C25H24N2O5S/c1-28-17-12-16(13-18(29-2)23(17)30-3)21-22(25-24-19(14-33-25)31-9-10-32-24)27-20(26-21)11-15-7-5-4-6-8-15/h4-8,12-14H,9-11H2,1-3H3,(H,26,27). The highest BCUT2D eigenvalue weighted by atomic mass is 32.1. The van der Waals surface area contributed by atoms with Crippen molar-refractivity contribution in [2.24, 2.45) is 0 Å². The Bertz CT molecular complexity index is 1240. The summed E-state index contributed by atoms with van der Waals surface area (Å²) in [5.74, 6) is 4.02. The van der Waals surface area contributed by atoms with Crippen molar-refractivity contribution < 1.29 is 23.7 Å². The van der Waals surface area contributed by atoms with Gasteiger partial charge in [-0.15, -0.1) is 11.3 Å². The van der Waals surface area contributed by atoms with Gasteiger partial charge in [0.2, 0.25) is 5.75 Å². The fraction of sp³-hybridized carbons (Fsp3) is 0.240. The Morgan fingerprint density at radius 3 is 2.39 bits per heavy atom. The first-order valence-electron chi connectivity index (χ1n) is 10.5. The van der Waals surface area contributed by atoms with Gasteiger partial charge in [-0.3, -0.25) is 0 Å². The highest BCUT2D eigenvalue weighted by molar-refractivity contribution is 7.14. The molecule has 33 heavy (non-hydrogen) atoms. The third-order valence-corrected chi connectivity index (χ3v) is 6.39. The SMILES string of the molecule is COc1cc(-c2nc(Cc3ccccc3)[nH]c2-c2scc3c2OCCO3)cc(OC)c1OC. The van der Waals surface area contributed by atoms with Gasteiger partial charge in [-0.05, 0) is 17.7 Å². The maximum atomic E-state index is 5.96. The molecule has 3 heterocycles. The van der Waals surface area contributed by atoms with Gasteiger partial charge < -0.3 is 28.7 Å². The molecule has 0 radical (unpaired) electrons. The number of rotatable bonds is 7. The van der Waals surface area contributed by atoms with Gasteiger partial charge in [0.15, 0.2) is 23.0 Å². The number of methoxy groups -OCH3 is 3. The second-order valence-corrected chi connectivity index (χ2v) is 8.32. The molecule has 1 N–H and O–H groups in total. The summed E-state index contributed by atoms with van der Waals surface area (Å²) >= 11 is 1.57. The molecule has 1 aliphatic rings. The van der Waals surface area contributed by atoms with Crippen LogP contribution in [0.15, 0.2) is 47.8 Å². The summed E-state index contributed by atoms with van der Waals surface area (Å²) < 4.78 is 28.4. The van der Waals surface area contributed by atoms with Crippen molar-refractivity contribution in [3.8, 4) is 50.6 Å². The molecule has 0 aliphatic carbocycles. The van der Waals surface area contributed by atoms with E-state index in [1.807, 2.05) is 35.7 Å². The van der Waals surface area contributed by atoms with Crippen molar-refractivity contribution in [2.75, 3.05) is 34.5 Å². The molecule has 7 nitrogen and oxygen atoms in total. The molecule has 4 aromatic rings. The van der Waals surface area contributed by atoms with E-state index in [2.05, 4.69) is 17.1 Å². The minimum atomic E-state index is 0.515. The summed E-state index contributed by atoms with van der Waals surface area (Å²) in [6.07, 6.45) is 0.670. The number of hydrogen-bond donors (Lipinski definition) is 1. The lowest BCUT2D eigenvalue weighted by Gasteiger charge is -2.16. The van der Waals surface area contributed by atoms with E-state index in [1.54, 1.807) is 32.7 Å². The van der Waals surface area contributed by atoms with E-state index in [4.69, 9.17) is 28.7 Å². The normalized spacial score (nSPS) is 12.5. The van der Waals surface area contributed by atoms with Gasteiger partial charge in [-0.1, -0.05) is 30.3 Å². The first kappa shape index (κ1) is 21.2. The summed E-state index contributed by atoms with van der Waals surface area (Å²) in [6.45, 7) is 1.06. The summed E-state index contributed by atoms with van der Waals surface area (Å²) in [6, 6.07) is 14.1. The van der Waals surface area contributed by atoms with Gasteiger partial charge in [0.25, 0.3) is 0 Å². The minimum absolute atomic E-state index is 0.515. The van der Waals surface area contributed by atoms with Crippen LogP contribution >= 0.6 is 11.3 Å². The summed E-state index contributed by atoms with van der Waals surface area (Å²) in [7, 11) is 4.80. The second kappa shape index (κ2) is 9.07. The molecule has 5 rings (SSSR count). The topological polar surface area (TPSA) is 74.8 Å². The van der Waals surface area contributed by atoms with E-state index in [9.17, 15) is 0 Å². The van der Waals surface area contributed by atoms with Crippen molar-refractivity contribution >= 4 is 11.3 Å². The van der Waals surface area contributed by atoms with Crippen molar-refractivity contribution in [1.29, 1.82) is 0 Å². The summed E-state index contributed by atoms with van der Waals surface area (Å²) in [5, 5.41) is 1.97. The molecular formula is C25H24N2O5S. The predicted octanol–water partition coefficient (Wildman–Crippen LogP) is 5.19. The lowest BCUT2D eigenvalue weighted by atomic mass is 10.1. The van der Waals surface area contributed by atoms with E-state index in [0.717, 1.165) is 39.2 Å². The number of ether oxygens (including phenoxy) is 5. The molecule has 0 unspecified atom stereocenters. The Morgan fingerprint density at radius 1 is 0.970 bits per heavy atom. The van der Waals surface area contributed by atoms with Crippen LogP contribution in [0.5, 0.6) is 28.7 Å². The number of aromatic nitrogens is 2. The van der Waals surface area contributed by atoms with Crippen LogP contribution < -0.4 is 23.7 Å². The quantitative estimate of drug-likeness (QED) is 0.406. The highest BCUT2D eigenvalue weighted by Crippen LogP contribution is 2.49. The zero-order valence-electron chi connectivity index (χ0n) is 18.6. The van der Waals surface area contributed by atoms with Crippen molar-refractivity contribution in [1.82, 2.24) is 9.97 Å². The van der Waals surface area contributed by atoms with Gasteiger partial charge >= 0.3 is 0 Å². The van der Waals surface area contributed by atoms with Crippen molar-refractivity contribution in [3.05, 3.63) is 59.2 Å². The number of aromatic amines is 1. The van der Waals surface area contributed by atoms with E-state index >= 15 is 0 Å². The van der Waals surface area contributed by atoms with Crippen molar-refractivity contribution in [2.45, 2.75) is 6.42 Å². The van der Waals surface area contributed by atoms with Crippen LogP contribution in [-0.4, -0.2) is 44.5 Å². The highest BCUT2D eigenvalue weighted by Gasteiger charge is 2.26. The predicted molar refractivity (Wildman–Crippen MR) is 127 cm³/mol. The van der Waals surface area contributed by atoms with Gasteiger partial charge in [0, 0.05) is 17.4 Å². The largest absolute Gasteiger partial charge is 0.493 e. The van der Waals surface area contributed by atoms with Crippen LogP contribution in [-0.2, 0) is 6.42 Å². The summed E-state index contributed by atoms with van der Waals surface area (Å²) in [4.78, 5) is 9.47. The van der Waals surface area contributed by atoms with Crippen LogP contribution in [0.4, 0.5) is 0 Å². The zero-order chi connectivity index (χ0) is 22.8. The number of imidazole rings is 1. The maximum Gasteiger partial charge on any atom is 0.203 e. The first-order chi connectivity index (χ1) is 16.2. The molecule has 0 saturated heterocycles. The lowest BCUT2D eigenvalue weighted by Crippen LogP contribution is -2.14. The van der Waals surface area contributed by atoms with E-state index in [1.165, 1.54) is 5.56 Å². The Kier molecular flexibility index (Phi) is 5.83. The number of nitrogens with one attached hydrogen (secondary N) is 1. The summed E-state index contributed by atoms with van der Waals surface area (Å²) in [5.41, 5.74) is 3.65. The molecule has 0 saturated carbocycles. The number of hydrogen-bond acceptors (Lipinski definition) is 7. The number of fused-ring (bicyclic) bond motifs is 1. The second-order valence-electron chi connectivity index (χ2n) is 7.44. The van der Waals surface area contributed by atoms with Crippen LogP contribution in [0.3, 0.4) is 0 Å². The van der Waals surface area contributed by atoms with Gasteiger partial charge in [-0.2, -0.15) is 0 Å². The zero-order valence-corrected chi connectivity index (χ0v) is 19.5. The van der Waals surface area contributed by atoms with Crippen LogP contribution in [0.1, 0.15) is 11.4 Å². The van der Waals surface area contributed by atoms with E-state index in [-0.39, 0.29) is 0 Å². The maximum absolute atomic E-state index is 5.96. The first-order valence-corrected chi connectivity index (χ1v) is 11.4. The molecule has 8 heteroatoms. The van der Waals surface area contributed by atoms with Gasteiger partial charge in [0.1, 0.15) is 19.0 Å². The molecule has 0 amide bonds. The number of nitrogens with zero attached hydrogens (tertiary/aromatic N) is 1. The van der Waals surface area contributed by atoms with Crippen LogP contribution in [0.2, 0.25) is 0 Å². The van der Waals surface area contributed by atoms with Crippen LogP contribution in [0, 0.1) is 0 Å². The van der Waals surface area contributed by atoms with E-state index in [0.29, 0.717) is 36.9 Å². The number of H-pyrrole nitrogens is 1. The van der Waals surface area contributed by atoms with Gasteiger partial charge in [-0.25, -0.2) is 4.98 Å². The van der Waals surface area contributed by atoms with Crippen molar-refractivity contribution in [3.63, 3.8) is 0 Å². The average molecular weight is 465 g/mol. The lowest BCUT2D eigenvalue weighted by molar-refractivity contribution is 0.174. The molecule has 0 fully saturated rings. The molecule has 0 bridgehead atoms. The Hall–Kier alpha value is -3.65. The molecule has 2 aromatic carbocycles. The fourth-order valence-corrected chi connectivity index (χ4v) is 4.85. The molecule has 1 aliphatic heterocycles. The Morgan fingerprint density at radius 2 is 1.70 bits per heavy atom. The monoisotopic (exact) mass is 464 g/mol. The minimum Gasteiger partial charge on any atom is -0.493 e. The fourth-order valence-electron chi connectivity index (χ4n) is 3.92. The number of benzene rings is 2. The molecule has 0 atom stereocenters. The molecule has 170 valence electrons. The average Bonchev–Trinajstić information content (AvgIpc) is 3.47. The van der Waals surface area contributed by atoms with Crippen LogP contribution in [0.25, 0.3) is 21.8 Å². The molecular weight excluding hydrogens is 440 g/mol. The Balaban J connectivity index is 1.67. The molecule has 2 aromatic heterocycles.